The molecule has 0 bridgehead atoms. The molecule has 2 aliphatic carbocycles. The number of esters is 10. The summed E-state index contributed by atoms with van der Waals surface area (Å²) in [6, 6.07) is 20.0. The van der Waals surface area contributed by atoms with Crippen molar-refractivity contribution in [3.63, 3.8) is 0 Å². The zero-order valence-corrected chi connectivity index (χ0v) is 46.6. The fourth-order valence-corrected chi connectivity index (χ4v) is 9.76. The Bertz CT molecular complexity index is 2850. The molecule has 0 spiro atoms. The van der Waals surface area contributed by atoms with Gasteiger partial charge in [-0.2, -0.15) is 10.5 Å². The fraction of sp³-hybridized carbons (Fsp3) is 0.400. The van der Waals surface area contributed by atoms with Gasteiger partial charge in [0, 0.05) is 25.0 Å². The monoisotopic (exact) mass is 1180 g/mol. The first-order valence-electron chi connectivity index (χ1n) is 27.0. The molecule has 1 aliphatic heterocycles. The van der Waals surface area contributed by atoms with Crippen molar-refractivity contribution < 1.29 is 95.3 Å². The predicted octanol–water partition coefficient (Wildman–Crippen LogP) is 7.37. The van der Waals surface area contributed by atoms with Crippen molar-refractivity contribution in [2.24, 2.45) is 23.7 Å². The van der Waals surface area contributed by atoms with Crippen molar-refractivity contribution in [3.05, 3.63) is 108 Å². The molecular weight excluding hydrogens is 1110 g/mol. The van der Waals surface area contributed by atoms with E-state index in [-0.39, 0.29) is 93.1 Å². The topological polar surface area (TPSA) is 323 Å². The Labute approximate surface area is 487 Å². The summed E-state index contributed by atoms with van der Waals surface area (Å²) < 4.78 is 52.7. The van der Waals surface area contributed by atoms with Gasteiger partial charge >= 0.3 is 59.7 Å². The minimum Gasteiger partial charge on any atom is -0.465 e. The van der Waals surface area contributed by atoms with Crippen LogP contribution in [0.3, 0.4) is 0 Å². The van der Waals surface area contributed by atoms with E-state index in [2.05, 4.69) is 18.5 Å². The van der Waals surface area contributed by atoms with Crippen LogP contribution in [0.4, 0.5) is 5.69 Å². The minimum atomic E-state index is -0.645. The first kappa shape index (κ1) is 63.9. The predicted molar refractivity (Wildman–Crippen MR) is 293 cm³/mol. The summed E-state index contributed by atoms with van der Waals surface area (Å²) >= 11 is 0.972. The van der Waals surface area contributed by atoms with Crippen LogP contribution in [0.5, 0.6) is 23.0 Å². The molecule has 2 saturated carbocycles. The Kier molecular flexibility index (Phi) is 25.1. The lowest BCUT2D eigenvalue weighted by Crippen LogP contribution is -2.30. The molecule has 442 valence electrons. The van der Waals surface area contributed by atoms with E-state index in [0.29, 0.717) is 80.6 Å². The maximum absolute atomic E-state index is 13.6. The number of rotatable bonds is 28. The van der Waals surface area contributed by atoms with Crippen molar-refractivity contribution in [2.45, 2.75) is 94.8 Å². The van der Waals surface area contributed by atoms with E-state index < -0.39 is 83.4 Å². The van der Waals surface area contributed by atoms with Gasteiger partial charge in [0.15, 0.2) is 11.3 Å². The number of nitriles is 2. The van der Waals surface area contributed by atoms with Gasteiger partial charge in [-0.1, -0.05) is 49.2 Å². The number of hydrogen-bond donors (Lipinski definition) is 1. The number of fused-ring (bicyclic) bond motifs is 1. The molecule has 6 rings (SSSR count). The largest absolute Gasteiger partial charge is 0.465 e. The van der Waals surface area contributed by atoms with E-state index in [1.807, 2.05) is 12.1 Å². The summed E-state index contributed by atoms with van der Waals surface area (Å²) in [5, 5.41) is 22.5. The van der Waals surface area contributed by atoms with Gasteiger partial charge in [0.05, 0.1) is 67.5 Å². The van der Waals surface area contributed by atoms with Gasteiger partial charge in [-0.25, -0.2) is 9.59 Å². The highest BCUT2D eigenvalue weighted by atomic mass is 32.2. The zero-order chi connectivity index (χ0) is 60.4. The average molecular weight is 1180 g/mol. The van der Waals surface area contributed by atoms with Crippen LogP contribution in [-0.2, 0) is 89.2 Å². The lowest BCUT2D eigenvalue weighted by Gasteiger charge is -2.26. The van der Waals surface area contributed by atoms with Crippen LogP contribution in [-0.4, -0.2) is 99.3 Å². The molecule has 2 fully saturated rings. The van der Waals surface area contributed by atoms with Crippen molar-refractivity contribution >= 4 is 77.1 Å². The van der Waals surface area contributed by atoms with Crippen LogP contribution in [0.2, 0.25) is 0 Å². The standard InChI is InChI=1S/C60H61N3O20S/c1-3-48(64)76-31-33-78-52(68)25-23-50(66)74-29-27-37-5-17-44(18-6-37)80-57(70)39-9-13-41(14-10-39)59(72)82-46-21-22-47(55-54(46)63-56(84-55)43(35-61)36-62)83-60(73)42-15-11-40(12-16-42)58(71)81-45-19-7-38(8-20-45)28-30-75-51(67)24-26-53(69)79-34-32-77-49(65)4-2/h3-8,17-22,39-42,63H,1-2,9-16,23-34H2. The Hall–Kier alpha value is -9.29. The zero-order valence-electron chi connectivity index (χ0n) is 45.8. The smallest absolute Gasteiger partial charge is 0.330 e. The summed E-state index contributed by atoms with van der Waals surface area (Å²) in [6.07, 6.45) is 4.62. The lowest BCUT2D eigenvalue weighted by molar-refractivity contribution is -0.152. The second kappa shape index (κ2) is 33.0. The normalized spacial score (nSPS) is 16.6. The minimum absolute atomic E-state index is 0.0490. The van der Waals surface area contributed by atoms with Crippen LogP contribution in [0.25, 0.3) is 0 Å². The van der Waals surface area contributed by atoms with E-state index in [1.165, 1.54) is 12.1 Å². The number of thioether (sulfide) groups is 1. The first-order valence-corrected chi connectivity index (χ1v) is 27.8. The van der Waals surface area contributed by atoms with E-state index >= 15 is 0 Å². The van der Waals surface area contributed by atoms with Crippen molar-refractivity contribution in [3.8, 4) is 35.1 Å². The molecule has 3 aliphatic rings. The molecule has 0 atom stereocenters. The molecule has 3 aromatic carbocycles. The maximum Gasteiger partial charge on any atom is 0.330 e. The van der Waals surface area contributed by atoms with E-state index in [4.69, 9.17) is 47.4 Å². The highest BCUT2D eigenvalue weighted by molar-refractivity contribution is 8.03. The van der Waals surface area contributed by atoms with Gasteiger partial charge in [0.2, 0.25) is 0 Å². The number of carbonyl (C=O) groups excluding carboxylic acids is 10. The molecule has 3 aromatic rings. The van der Waals surface area contributed by atoms with Gasteiger partial charge in [0.1, 0.15) is 66.5 Å². The van der Waals surface area contributed by atoms with Crippen LogP contribution in [0, 0.1) is 46.3 Å². The van der Waals surface area contributed by atoms with Gasteiger partial charge in [-0.15, -0.1) is 0 Å². The number of ether oxygens (including phenoxy) is 10. The molecule has 84 heavy (non-hydrogen) atoms. The quantitative estimate of drug-likeness (QED) is 0.0185. The molecule has 0 aromatic heterocycles. The molecule has 1 heterocycles. The van der Waals surface area contributed by atoms with Gasteiger partial charge in [-0.3, -0.25) is 38.4 Å². The summed E-state index contributed by atoms with van der Waals surface area (Å²) in [7, 11) is 0. The Balaban J connectivity index is 0.900. The number of benzene rings is 3. The van der Waals surface area contributed by atoms with Gasteiger partial charge in [-0.05, 0) is 98.9 Å². The van der Waals surface area contributed by atoms with Gasteiger partial charge in [0.25, 0.3) is 0 Å². The van der Waals surface area contributed by atoms with E-state index in [0.717, 1.165) is 35.0 Å². The van der Waals surface area contributed by atoms with Crippen molar-refractivity contribution in [1.29, 1.82) is 10.5 Å². The molecular formula is C60H61N3O20S. The average Bonchev–Trinajstić information content (AvgIpc) is 3.51. The fourth-order valence-electron chi connectivity index (χ4n) is 8.75. The van der Waals surface area contributed by atoms with Crippen molar-refractivity contribution in [2.75, 3.05) is 45.0 Å². The summed E-state index contributed by atoms with van der Waals surface area (Å²) in [5.41, 5.74) is 1.58. The lowest BCUT2D eigenvalue weighted by atomic mass is 9.82. The Morgan fingerprint density at radius 1 is 0.464 bits per heavy atom. The third-order valence-electron chi connectivity index (χ3n) is 13.4. The summed E-state index contributed by atoms with van der Waals surface area (Å²) in [5.74, 6) is -7.07. The molecule has 0 unspecified atom stereocenters. The molecule has 23 nitrogen and oxygen atoms in total. The second-order valence-corrected chi connectivity index (χ2v) is 20.1. The molecule has 1 N–H and O–H groups in total. The molecule has 0 saturated heterocycles. The van der Waals surface area contributed by atoms with Gasteiger partial charge < -0.3 is 52.7 Å². The number of anilines is 1. The SMILES string of the molecule is C=CC(=O)OCCOC(=O)CCC(=O)OCCc1ccc(OC(=O)C2CCC(C(=O)Oc3ccc(OC(=O)C4CCC(C(=O)Oc5ccc(CCOC(=O)CCC(=O)OCCOC(=O)C=C)cc5)CC4)c4c3NC(=C(C#N)C#N)S4)CC2)cc1. The number of hydrogen-bond acceptors (Lipinski definition) is 24. The van der Waals surface area contributed by atoms with Crippen molar-refractivity contribution in [1.82, 2.24) is 0 Å². The van der Waals surface area contributed by atoms with Crippen LogP contribution in [0.1, 0.15) is 88.2 Å². The van der Waals surface area contributed by atoms with Crippen LogP contribution in [0.15, 0.2) is 101 Å². The molecule has 0 radical (unpaired) electrons. The Morgan fingerprint density at radius 3 is 1.17 bits per heavy atom. The first-order chi connectivity index (χ1) is 40.5. The number of carbonyl (C=O) groups is 10. The molecule has 0 amide bonds. The number of nitrogens with zero attached hydrogens (tertiary/aromatic N) is 2. The van der Waals surface area contributed by atoms with Crippen LogP contribution < -0.4 is 24.3 Å². The summed E-state index contributed by atoms with van der Waals surface area (Å²) in [6.45, 7) is 6.05. The highest BCUT2D eigenvalue weighted by Crippen LogP contribution is 2.52. The molecule has 24 heteroatoms. The summed E-state index contributed by atoms with van der Waals surface area (Å²) in [4.78, 5) is 124. The van der Waals surface area contributed by atoms with E-state index in [1.54, 1.807) is 48.5 Å². The highest BCUT2D eigenvalue weighted by Gasteiger charge is 2.36. The maximum atomic E-state index is 13.6. The van der Waals surface area contributed by atoms with E-state index in [9.17, 15) is 58.5 Å². The third-order valence-corrected chi connectivity index (χ3v) is 14.5. The Morgan fingerprint density at radius 2 is 0.798 bits per heavy atom. The number of allylic oxidation sites excluding steroid dienone is 1. The second-order valence-electron chi connectivity index (χ2n) is 19.1. The third kappa shape index (κ3) is 20.3. The number of nitrogens with one attached hydrogen (secondary N) is 1. The van der Waals surface area contributed by atoms with Crippen LogP contribution >= 0.6 is 11.8 Å².